The van der Waals surface area contributed by atoms with Crippen molar-refractivity contribution in [3.8, 4) is 0 Å². The standard InChI is InChI=1S/C23H12S3/c1-2-12-13(3-1)17-10-18-15-5-8-25-22(15)23-16(6-9-26-23)19(18)11-20(17)21-14(12)4-7-24-21/h1,3-11H,2H2. The van der Waals surface area contributed by atoms with Gasteiger partial charge in [-0.15, -0.1) is 34.0 Å². The monoisotopic (exact) mass is 384 g/mol. The molecule has 0 N–H and O–H groups in total. The molecule has 0 saturated carbocycles. The van der Waals surface area contributed by atoms with Gasteiger partial charge in [-0.1, -0.05) is 12.2 Å². The lowest BCUT2D eigenvalue weighted by atomic mass is 9.93. The molecule has 0 amide bonds. The molecule has 0 spiro atoms. The molecular weight excluding hydrogens is 372 g/mol. The molecule has 7 rings (SSSR count). The number of benzene rings is 3. The Morgan fingerprint density at radius 1 is 0.577 bits per heavy atom. The van der Waals surface area contributed by atoms with Crippen LogP contribution in [0.5, 0.6) is 0 Å². The van der Waals surface area contributed by atoms with E-state index in [1.807, 2.05) is 34.0 Å². The minimum Gasteiger partial charge on any atom is -0.143 e. The molecular formula is C23H12S3. The van der Waals surface area contributed by atoms with Crippen LogP contribution in [0.25, 0.3) is 57.9 Å². The Balaban J connectivity index is 1.85. The summed E-state index contributed by atoms with van der Waals surface area (Å²) >= 11 is 5.62. The highest BCUT2D eigenvalue weighted by Crippen LogP contribution is 2.45. The molecule has 0 aliphatic heterocycles. The van der Waals surface area contributed by atoms with Crippen molar-refractivity contribution in [3.05, 3.63) is 63.7 Å². The predicted molar refractivity (Wildman–Crippen MR) is 120 cm³/mol. The third kappa shape index (κ3) is 1.56. The number of allylic oxidation sites excluding steroid dienone is 1. The summed E-state index contributed by atoms with van der Waals surface area (Å²) in [6.45, 7) is 0. The second-order valence-electron chi connectivity index (χ2n) is 6.93. The number of rotatable bonds is 0. The van der Waals surface area contributed by atoms with E-state index in [0.717, 1.165) is 6.42 Å². The van der Waals surface area contributed by atoms with Gasteiger partial charge in [0.1, 0.15) is 0 Å². The van der Waals surface area contributed by atoms with Gasteiger partial charge in [0.05, 0.1) is 9.40 Å². The highest BCUT2D eigenvalue weighted by atomic mass is 32.1. The van der Waals surface area contributed by atoms with Crippen molar-refractivity contribution in [2.75, 3.05) is 0 Å². The summed E-state index contributed by atoms with van der Waals surface area (Å²) in [5.74, 6) is 0. The highest BCUT2D eigenvalue weighted by molar-refractivity contribution is 7.26. The number of hydrogen-bond acceptors (Lipinski definition) is 3. The molecule has 0 unspecified atom stereocenters. The average molecular weight is 385 g/mol. The lowest BCUT2D eigenvalue weighted by Crippen LogP contribution is -1.87. The van der Waals surface area contributed by atoms with Gasteiger partial charge in [0.2, 0.25) is 0 Å². The predicted octanol–water partition coefficient (Wildman–Crippen LogP) is 8.21. The van der Waals surface area contributed by atoms with Gasteiger partial charge in [-0.3, -0.25) is 0 Å². The number of fused-ring (bicyclic) bond motifs is 12. The third-order valence-corrected chi connectivity index (χ3v) is 8.67. The first kappa shape index (κ1) is 13.9. The van der Waals surface area contributed by atoms with E-state index in [1.165, 1.54) is 62.9 Å². The molecule has 0 fully saturated rings. The van der Waals surface area contributed by atoms with Gasteiger partial charge in [-0.25, -0.2) is 0 Å². The summed E-state index contributed by atoms with van der Waals surface area (Å²) in [5, 5.41) is 16.6. The fraction of sp³-hybridized carbons (Fsp3) is 0.0435. The molecule has 3 heterocycles. The number of thiophene rings is 3. The van der Waals surface area contributed by atoms with Gasteiger partial charge >= 0.3 is 0 Å². The van der Waals surface area contributed by atoms with Crippen LogP contribution in [0.15, 0.2) is 52.5 Å². The topological polar surface area (TPSA) is 0 Å². The zero-order valence-corrected chi connectivity index (χ0v) is 16.2. The molecule has 3 aromatic heterocycles. The molecule has 0 atom stereocenters. The van der Waals surface area contributed by atoms with Crippen molar-refractivity contribution in [1.29, 1.82) is 0 Å². The van der Waals surface area contributed by atoms with Gasteiger partial charge in [0.15, 0.2) is 0 Å². The summed E-state index contributed by atoms with van der Waals surface area (Å²) in [5.41, 5.74) is 2.94. The maximum absolute atomic E-state index is 2.46. The first-order chi connectivity index (χ1) is 12.9. The lowest BCUT2D eigenvalue weighted by molar-refractivity contribution is 1.36. The van der Waals surface area contributed by atoms with Crippen LogP contribution < -0.4 is 0 Å². The van der Waals surface area contributed by atoms with E-state index in [9.17, 15) is 0 Å². The van der Waals surface area contributed by atoms with Crippen LogP contribution in [0, 0.1) is 0 Å². The van der Waals surface area contributed by atoms with E-state index in [-0.39, 0.29) is 0 Å². The minimum absolute atomic E-state index is 1.06. The summed E-state index contributed by atoms with van der Waals surface area (Å²) < 4.78 is 4.31. The van der Waals surface area contributed by atoms with E-state index in [1.54, 1.807) is 0 Å². The van der Waals surface area contributed by atoms with Crippen LogP contribution in [0.3, 0.4) is 0 Å². The molecule has 0 radical (unpaired) electrons. The lowest BCUT2D eigenvalue weighted by Gasteiger charge is -2.11. The van der Waals surface area contributed by atoms with E-state index in [4.69, 9.17) is 0 Å². The van der Waals surface area contributed by atoms with E-state index in [2.05, 4.69) is 58.6 Å². The molecule has 0 nitrogen and oxygen atoms in total. The smallest absolute Gasteiger partial charge is 0.0527 e. The Morgan fingerprint density at radius 3 is 1.92 bits per heavy atom. The minimum atomic E-state index is 1.06. The Kier molecular flexibility index (Phi) is 2.54. The quantitative estimate of drug-likeness (QED) is 0.231. The van der Waals surface area contributed by atoms with Crippen molar-refractivity contribution >= 4 is 91.9 Å². The van der Waals surface area contributed by atoms with E-state index < -0.39 is 0 Å². The Labute approximate surface area is 161 Å². The van der Waals surface area contributed by atoms with Crippen LogP contribution in [0.1, 0.15) is 11.1 Å². The molecule has 0 saturated heterocycles. The molecule has 3 heteroatoms. The molecule has 3 aromatic carbocycles. The maximum Gasteiger partial charge on any atom is 0.0527 e. The van der Waals surface area contributed by atoms with Crippen molar-refractivity contribution in [1.82, 2.24) is 0 Å². The van der Waals surface area contributed by atoms with Crippen LogP contribution in [-0.4, -0.2) is 0 Å². The van der Waals surface area contributed by atoms with Gasteiger partial charge in [0, 0.05) is 20.9 Å². The molecule has 6 aromatic rings. The maximum atomic E-state index is 2.46. The summed E-state index contributed by atoms with van der Waals surface area (Å²) in [7, 11) is 0. The van der Waals surface area contributed by atoms with Crippen LogP contribution in [0.2, 0.25) is 0 Å². The van der Waals surface area contributed by atoms with E-state index >= 15 is 0 Å². The second-order valence-corrected chi connectivity index (χ2v) is 9.68. The fourth-order valence-electron chi connectivity index (χ4n) is 4.62. The van der Waals surface area contributed by atoms with Crippen LogP contribution >= 0.6 is 34.0 Å². The van der Waals surface area contributed by atoms with Crippen molar-refractivity contribution in [2.45, 2.75) is 6.42 Å². The Hall–Kier alpha value is -2.20. The van der Waals surface area contributed by atoms with Crippen molar-refractivity contribution in [2.24, 2.45) is 0 Å². The second kappa shape index (κ2) is 4.74. The van der Waals surface area contributed by atoms with Crippen molar-refractivity contribution < 1.29 is 0 Å². The molecule has 122 valence electrons. The third-order valence-electron chi connectivity index (χ3n) is 5.73. The number of hydrogen-bond donors (Lipinski definition) is 0. The SMILES string of the molecule is C1=Cc2c(c3ccsc3c3cc4c(cc23)c2ccsc2c2sccc42)C1. The molecule has 1 aliphatic rings. The first-order valence-corrected chi connectivity index (χ1v) is 11.4. The first-order valence-electron chi connectivity index (χ1n) is 8.72. The van der Waals surface area contributed by atoms with Gasteiger partial charge in [-0.05, 0) is 85.6 Å². The average Bonchev–Trinajstić information content (AvgIpc) is 3.46. The van der Waals surface area contributed by atoms with Crippen molar-refractivity contribution in [3.63, 3.8) is 0 Å². The normalized spacial score (nSPS) is 13.8. The van der Waals surface area contributed by atoms with Gasteiger partial charge < -0.3 is 0 Å². The molecule has 26 heavy (non-hydrogen) atoms. The fourth-order valence-corrected chi connectivity index (χ4v) is 7.59. The molecule has 0 bridgehead atoms. The van der Waals surface area contributed by atoms with Crippen LogP contribution in [0.4, 0.5) is 0 Å². The van der Waals surface area contributed by atoms with Gasteiger partial charge in [-0.2, -0.15) is 0 Å². The van der Waals surface area contributed by atoms with Gasteiger partial charge in [0.25, 0.3) is 0 Å². The summed E-state index contributed by atoms with van der Waals surface area (Å²) in [6.07, 6.45) is 5.70. The Morgan fingerprint density at radius 2 is 1.19 bits per heavy atom. The van der Waals surface area contributed by atoms with E-state index in [0.29, 0.717) is 0 Å². The highest BCUT2D eigenvalue weighted by Gasteiger charge is 2.18. The molecule has 1 aliphatic carbocycles. The largest absolute Gasteiger partial charge is 0.143 e. The summed E-state index contributed by atoms with van der Waals surface area (Å²) in [4.78, 5) is 0. The zero-order valence-electron chi connectivity index (χ0n) is 13.7. The van der Waals surface area contributed by atoms with Crippen LogP contribution in [-0.2, 0) is 6.42 Å². The Bertz CT molecular complexity index is 1550. The zero-order chi connectivity index (χ0) is 16.8. The summed E-state index contributed by atoms with van der Waals surface area (Å²) in [6, 6.07) is 11.8.